The Morgan fingerprint density at radius 2 is 2.06 bits per heavy atom. The van der Waals surface area contributed by atoms with E-state index in [-0.39, 0.29) is 23.5 Å². The van der Waals surface area contributed by atoms with E-state index in [2.05, 4.69) is 15.4 Å². The van der Waals surface area contributed by atoms with E-state index in [0.717, 1.165) is 28.0 Å². The second kappa shape index (κ2) is 8.88. The number of hydrogen-bond acceptors (Lipinski definition) is 7. The number of ether oxygens (including phenoxy) is 1. The van der Waals surface area contributed by atoms with Gasteiger partial charge in [0.1, 0.15) is 0 Å². The van der Waals surface area contributed by atoms with Gasteiger partial charge in [0, 0.05) is 30.6 Å². The molecule has 31 heavy (non-hydrogen) atoms. The van der Waals surface area contributed by atoms with Crippen molar-refractivity contribution in [1.82, 2.24) is 24.9 Å². The van der Waals surface area contributed by atoms with Crippen LogP contribution in [0.1, 0.15) is 36.2 Å². The molecule has 10 heteroatoms. The Bertz CT molecular complexity index is 1210. The van der Waals surface area contributed by atoms with Crippen molar-refractivity contribution in [2.45, 2.75) is 45.6 Å². The molecule has 1 aliphatic rings. The Kier molecular flexibility index (Phi) is 6.19. The van der Waals surface area contributed by atoms with Crippen molar-refractivity contribution in [2.75, 3.05) is 24.7 Å². The number of nitrogens with one attached hydrogen (secondary N) is 1. The highest BCUT2D eigenvalue weighted by molar-refractivity contribution is 7.91. The molecule has 3 aromatic heterocycles. The summed E-state index contributed by atoms with van der Waals surface area (Å²) in [5, 5.41) is 8.33. The molecule has 4 rings (SSSR count). The summed E-state index contributed by atoms with van der Waals surface area (Å²) in [7, 11) is -2.89. The van der Waals surface area contributed by atoms with Crippen LogP contribution in [0.5, 0.6) is 0 Å². The Morgan fingerprint density at radius 1 is 1.29 bits per heavy atom. The fraction of sp³-hybridized carbons (Fsp3) is 0.524. The lowest BCUT2D eigenvalue weighted by atomic mass is 10.1. The largest absolute Gasteiger partial charge is 0.376 e. The van der Waals surface area contributed by atoms with Gasteiger partial charge in [0.05, 0.1) is 29.6 Å². The van der Waals surface area contributed by atoms with Crippen molar-refractivity contribution in [3.05, 3.63) is 35.3 Å². The maximum Gasteiger partial charge on any atom is 0.220 e. The number of rotatable bonds is 7. The first-order chi connectivity index (χ1) is 14.8. The summed E-state index contributed by atoms with van der Waals surface area (Å²) in [6.45, 7) is 4.73. The maximum absolute atomic E-state index is 12.3. The molecule has 1 fully saturated rings. The summed E-state index contributed by atoms with van der Waals surface area (Å²) >= 11 is 0. The Balaban J connectivity index is 1.29. The summed E-state index contributed by atoms with van der Waals surface area (Å²) < 4.78 is 30.4. The minimum atomic E-state index is -2.89. The van der Waals surface area contributed by atoms with E-state index in [9.17, 15) is 13.2 Å². The first-order valence-corrected chi connectivity index (χ1v) is 12.3. The lowest BCUT2D eigenvalue weighted by Gasteiger charge is -2.22. The van der Waals surface area contributed by atoms with Crippen molar-refractivity contribution in [3.8, 4) is 0 Å². The number of amides is 1. The van der Waals surface area contributed by atoms with Crippen LogP contribution < -0.4 is 5.32 Å². The third kappa shape index (κ3) is 4.85. The number of pyridine rings is 1. The highest BCUT2D eigenvalue weighted by Gasteiger charge is 2.23. The van der Waals surface area contributed by atoms with Gasteiger partial charge in [-0.3, -0.25) is 4.79 Å². The minimum absolute atomic E-state index is 0.0393. The fourth-order valence-corrected chi connectivity index (χ4v) is 5.45. The van der Waals surface area contributed by atoms with Gasteiger partial charge in [-0.15, -0.1) is 5.10 Å². The fourth-order valence-electron chi connectivity index (χ4n) is 4.00. The van der Waals surface area contributed by atoms with Crippen LogP contribution in [0, 0.1) is 13.8 Å². The van der Waals surface area contributed by atoms with E-state index in [1.54, 1.807) is 10.7 Å². The third-order valence-corrected chi connectivity index (χ3v) is 7.48. The molecular formula is C21H27N5O4S. The highest BCUT2D eigenvalue weighted by Crippen LogP contribution is 2.22. The van der Waals surface area contributed by atoms with E-state index >= 15 is 0 Å². The van der Waals surface area contributed by atoms with Gasteiger partial charge in [-0.05, 0) is 50.8 Å². The average molecular weight is 446 g/mol. The first kappa shape index (κ1) is 21.6. The molecule has 9 nitrogen and oxygen atoms in total. The predicted octanol–water partition coefficient (Wildman–Crippen LogP) is 1.54. The van der Waals surface area contributed by atoms with Crippen molar-refractivity contribution < 1.29 is 17.9 Å². The van der Waals surface area contributed by atoms with Gasteiger partial charge in [0.25, 0.3) is 0 Å². The lowest BCUT2D eigenvalue weighted by Crippen LogP contribution is -2.32. The molecule has 4 heterocycles. The smallest absolute Gasteiger partial charge is 0.220 e. The molecule has 1 N–H and O–H groups in total. The number of aryl methyl sites for hydroxylation is 2. The van der Waals surface area contributed by atoms with E-state index in [1.807, 2.05) is 26.0 Å². The van der Waals surface area contributed by atoms with E-state index < -0.39 is 9.84 Å². The second-order valence-corrected chi connectivity index (χ2v) is 10.2. The quantitative estimate of drug-likeness (QED) is 0.548. The van der Waals surface area contributed by atoms with Crippen molar-refractivity contribution in [2.24, 2.45) is 0 Å². The van der Waals surface area contributed by atoms with Crippen LogP contribution in [0.15, 0.2) is 18.3 Å². The van der Waals surface area contributed by atoms with Crippen LogP contribution in [0.3, 0.4) is 0 Å². The van der Waals surface area contributed by atoms with E-state index in [0.29, 0.717) is 44.5 Å². The second-order valence-electron chi connectivity index (χ2n) is 7.94. The number of fused-ring (bicyclic) bond motifs is 3. The van der Waals surface area contributed by atoms with Crippen LogP contribution >= 0.6 is 0 Å². The Hall–Kier alpha value is -2.59. The number of nitrogens with zero attached hydrogens (tertiary/aromatic N) is 4. The first-order valence-electron chi connectivity index (χ1n) is 10.5. The molecule has 0 aliphatic carbocycles. The van der Waals surface area contributed by atoms with Crippen LogP contribution in [-0.4, -0.2) is 64.7 Å². The summed E-state index contributed by atoms with van der Waals surface area (Å²) in [5.74, 6) is 0.312. The molecule has 0 atom stereocenters. The van der Waals surface area contributed by atoms with Crippen LogP contribution in [-0.2, 0) is 25.8 Å². The summed E-state index contributed by atoms with van der Waals surface area (Å²) in [5.41, 5.74) is 4.29. The van der Waals surface area contributed by atoms with Gasteiger partial charge in [-0.25, -0.2) is 22.9 Å². The zero-order valence-electron chi connectivity index (χ0n) is 17.8. The number of aromatic nitrogens is 4. The van der Waals surface area contributed by atoms with Gasteiger partial charge in [0.15, 0.2) is 21.1 Å². The molecule has 3 aromatic rings. The maximum atomic E-state index is 12.3. The van der Waals surface area contributed by atoms with E-state index in [4.69, 9.17) is 9.72 Å². The molecule has 0 unspecified atom stereocenters. The summed E-state index contributed by atoms with van der Waals surface area (Å²) in [6, 6.07) is 3.83. The number of carbonyl (C=O) groups is 1. The zero-order chi connectivity index (χ0) is 22.0. The minimum Gasteiger partial charge on any atom is -0.376 e. The number of hydrogen-bond donors (Lipinski definition) is 1. The number of sulfone groups is 1. The molecule has 1 saturated heterocycles. The Labute approximate surface area is 181 Å². The van der Waals surface area contributed by atoms with Crippen LogP contribution in [0.4, 0.5) is 0 Å². The Morgan fingerprint density at radius 3 is 2.84 bits per heavy atom. The number of carbonyl (C=O) groups excluding carboxylic acids is 1. The molecule has 0 aromatic carbocycles. The third-order valence-electron chi connectivity index (χ3n) is 5.77. The van der Waals surface area contributed by atoms with Gasteiger partial charge in [-0.1, -0.05) is 0 Å². The van der Waals surface area contributed by atoms with Crippen LogP contribution in [0.25, 0.3) is 16.7 Å². The van der Waals surface area contributed by atoms with Crippen LogP contribution in [0.2, 0.25) is 0 Å². The molecule has 1 aliphatic heterocycles. The average Bonchev–Trinajstić information content (AvgIpc) is 3.11. The molecule has 0 spiro atoms. The highest BCUT2D eigenvalue weighted by atomic mass is 32.2. The van der Waals surface area contributed by atoms with Gasteiger partial charge in [-0.2, -0.15) is 0 Å². The lowest BCUT2D eigenvalue weighted by molar-refractivity contribution is -0.121. The zero-order valence-corrected chi connectivity index (χ0v) is 18.6. The van der Waals surface area contributed by atoms with Gasteiger partial charge in [0.2, 0.25) is 5.91 Å². The monoisotopic (exact) mass is 445 g/mol. The molecule has 0 radical (unpaired) electrons. The van der Waals surface area contributed by atoms with Crippen molar-refractivity contribution in [3.63, 3.8) is 0 Å². The topological polar surface area (TPSA) is 116 Å². The van der Waals surface area contributed by atoms with Crippen molar-refractivity contribution in [1.29, 1.82) is 0 Å². The molecule has 1 amide bonds. The molecule has 166 valence electrons. The van der Waals surface area contributed by atoms with E-state index in [1.165, 1.54) is 0 Å². The molecular weight excluding hydrogens is 418 g/mol. The molecule has 0 bridgehead atoms. The summed E-state index contributed by atoms with van der Waals surface area (Å²) in [4.78, 5) is 21.3. The van der Waals surface area contributed by atoms with Gasteiger partial charge >= 0.3 is 0 Å². The van der Waals surface area contributed by atoms with Crippen molar-refractivity contribution >= 4 is 32.4 Å². The van der Waals surface area contributed by atoms with Gasteiger partial charge < -0.3 is 10.1 Å². The normalized spacial score (nSPS) is 16.7. The summed E-state index contributed by atoms with van der Waals surface area (Å²) in [6.07, 6.45) is 3.64. The predicted molar refractivity (Wildman–Crippen MR) is 117 cm³/mol. The SMILES string of the molecule is Cc1nc2c3cccnc3nn2c(C)c1CCC(=O)NCCOC1CCS(=O)(=O)CC1. The molecule has 0 saturated carbocycles. The standard InChI is InChI=1S/C21H27N5O4S/c1-14-17(15(2)26-21(24-14)18-4-3-9-23-20(18)25-26)5-6-19(27)22-10-11-30-16-7-12-31(28,29)13-8-16/h3-4,9,16H,5-8,10-13H2,1-2H3,(H,22,27).